The molecule has 138 valence electrons. The third-order valence-electron chi connectivity index (χ3n) is 5.09. The van der Waals surface area contributed by atoms with Gasteiger partial charge in [0.15, 0.2) is 0 Å². The predicted octanol–water partition coefficient (Wildman–Crippen LogP) is 4.07. The maximum atomic E-state index is 12.9. The zero-order chi connectivity index (χ0) is 18.6. The number of carbonyl (C=O) groups excluding carboxylic acids is 1. The lowest BCUT2D eigenvalue weighted by atomic mass is 9.84. The summed E-state index contributed by atoms with van der Waals surface area (Å²) in [5.41, 5.74) is 1.02. The predicted molar refractivity (Wildman–Crippen MR) is 103 cm³/mol. The number of halogens is 2. The van der Waals surface area contributed by atoms with Crippen LogP contribution in [0.5, 0.6) is 0 Å². The van der Waals surface area contributed by atoms with Gasteiger partial charge in [0.1, 0.15) is 11.6 Å². The van der Waals surface area contributed by atoms with Crippen LogP contribution in [0.2, 0.25) is 0 Å². The highest BCUT2D eigenvalue weighted by molar-refractivity contribution is 9.10. The van der Waals surface area contributed by atoms with Crippen LogP contribution in [0.4, 0.5) is 4.39 Å². The summed E-state index contributed by atoms with van der Waals surface area (Å²) in [6.07, 6.45) is 2.16. The van der Waals surface area contributed by atoms with Crippen molar-refractivity contribution >= 4 is 21.7 Å². The second kappa shape index (κ2) is 8.42. The summed E-state index contributed by atoms with van der Waals surface area (Å²) in [7, 11) is 0. The smallest absolute Gasteiger partial charge is 0.138 e. The van der Waals surface area contributed by atoms with Crippen molar-refractivity contribution in [1.82, 2.24) is 4.90 Å². The van der Waals surface area contributed by atoms with Crippen LogP contribution in [-0.4, -0.2) is 35.4 Å². The van der Waals surface area contributed by atoms with E-state index in [9.17, 15) is 14.3 Å². The standard InChI is InChI=1S/C21H23BrFNO2/c22-18-5-3-17(4-6-18)21(26)10-13-24(14-11-21)12-9-20(25)15-16-1-7-19(23)8-2-16/h1-8,26H,9-15H2. The molecule has 2 aromatic carbocycles. The highest BCUT2D eigenvalue weighted by atomic mass is 79.9. The van der Waals surface area contributed by atoms with Crippen molar-refractivity contribution in [1.29, 1.82) is 0 Å². The van der Waals surface area contributed by atoms with Crippen molar-refractivity contribution in [2.45, 2.75) is 31.3 Å². The van der Waals surface area contributed by atoms with Gasteiger partial charge in [0.05, 0.1) is 5.60 Å². The van der Waals surface area contributed by atoms with E-state index in [1.54, 1.807) is 12.1 Å². The molecule has 0 spiro atoms. The van der Waals surface area contributed by atoms with Gasteiger partial charge < -0.3 is 10.0 Å². The molecular formula is C21H23BrFNO2. The number of ketones is 1. The molecule has 26 heavy (non-hydrogen) atoms. The van der Waals surface area contributed by atoms with Gasteiger partial charge in [-0.3, -0.25) is 4.79 Å². The first-order chi connectivity index (χ1) is 12.4. The van der Waals surface area contributed by atoms with E-state index in [4.69, 9.17) is 0 Å². The van der Waals surface area contributed by atoms with Gasteiger partial charge in [-0.15, -0.1) is 0 Å². The van der Waals surface area contributed by atoms with E-state index in [1.807, 2.05) is 24.3 Å². The topological polar surface area (TPSA) is 40.5 Å². The number of hydrogen-bond donors (Lipinski definition) is 1. The molecule has 1 fully saturated rings. The quantitative estimate of drug-likeness (QED) is 0.766. The Balaban J connectivity index is 1.45. The summed E-state index contributed by atoms with van der Waals surface area (Å²) >= 11 is 3.42. The number of nitrogens with zero attached hydrogens (tertiary/aromatic N) is 1. The van der Waals surface area contributed by atoms with E-state index in [1.165, 1.54) is 12.1 Å². The Morgan fingerprint density at radius 3 is 2.31 bits per heavy atom. The molecule has 0 bridgehead atoms. The Morgan fingerprint density at radius 1 is 1.08 bits per heavy atom. The number of likely N-dealkylation sites (tertiary alicyclic amines) is 1. The summed E-state index contributed by atoms with van der Waals surface area (Å²) in [6.45, 7) is 2.25. The average Bonchev–Trinajstić information content (AvgIpc) is 2.64. The molecule has 1 aliphatic heterocycles. The fraction of sp³-hybridized carbons (Fsp3) is 0.381. The largest absolute Gasteiger partial charge is 0.385 e. The van der Waals surface area contributed by atoms with Gasteiger partial charge >= 0.3 is 0 Å². The summed E-state index contributed by atoms with van der Waals surface area (Å²) in [5.74, 6) is -0.127. The highest BCUT2D eigenvalue weighted by Crippen LogP contribution is 2.33. The number of aliphatic hydroxyl groups is 1. The van der Waals surface area contributed by atoms with E-state index in [-0.39, 0.29) is 11.6 Å². The Morgan fingerprint density at radius 2 is 1.69 bits per heavy atom. The van der Waals surface area contributed by atoms with Crippen LogP contribution in [0.25, 0.3) is 0 Å². The number of carbonyl (C=O) groups is 1. The molecular weight excluding hydrogens is 397 g/mol. The normalized spacial score (nSPS) is 17.2. The van der Waals surface area contributed by atoms with Crippen molar-refractivity contribution < 1.29 is 14.3 Å². The molecule has 0 aliphatic carbocycles. The third-order valence-corrected chi connectivity index (χ3v) is 5.61. The minimum Gasteiger partial charge on any atom is -0.385 e. The maximum absolute atomic E-state index is 12.9. The zero-order valence-electron chi connectivity index (χ0n) is 14.6. The first-order valence-electron chi connectivity index (χ1n) is 8.91. The molecule has 3 rings (SSSR count). The van der Waals surface area contributed by atoms with Gasteiger partial charge in [0.25, 0.3) is 0 Å². The fourth-order valence-electron chi connectivity index (χ4n) is 3.40. The molecule has 2 aromatic rings. The fourth-order valence-corrected chi connectivity index (χ4v) is 3.66. The SMILES string of the molecule is O=C(CCN1CCC(O)(c2ccc(Br)cc2)CC1)Cc1ccc(F)cc1. The number of benzene rings is 2. The van der Waals surface area contributed by atoms with E-state index >= 15 is 0 Å². The molecule has 0 unspecified atom stereocenters. The minimum absolute atomic E-state index is 0.158. The molecule has 1 N–H and O–H groups in total. The molecule has 5 heteroatoms. The van der Waals surface area contributed by atoms with Gasteiger partial charge in [-0.05, 0) is 48.2 Å². The van der Waals surface area contributed by atoms with Crippen molar-refractivity contribution in [3.8, 4) is 0 Å². The monoisotopic (exact) mass is 419 g/mol. The molecule has 0 atom stereocenters. The Hall–Kier alpha value is -1.56. The summed E-state index contributed by atoms with van der Waals surface area (Å²) in [6, 6.07) is 13.9. The average molecular weight is 420 g/mol. The van der Waals surface area contributed by atoms with Crippen molar-refractivity contribution in [3.63, 3.8) is 0 Å². The Bertz CT molecular complexity index is 738. The molecule has 0 saturated carbocycles. The van der Waals surface area contributed by atoms with Crippen LogP contribution in [0.15, 0.2) is 53.0 Å². The number of hydrogen-bond acceptors (Lipinski definition) is 3. The van der Waals surface area contributed by atoms with E-state index in [0.717, 1.165) is 28.7 Å². The summed E-state index contributed by atoms with van der Waals surface area (Å²) in [5, 5.41) is 10.9. The molecule has 0 amide bonds. The zero-order valence-corrected chi connectivity index (χ0v) is 16.2. The van der Waals surface area contributed by atoms with E-state index in [0.29, 0.717) is 32.2 Å². The van der Waals surface area contributed by atoms with Crippen molar-refractivity contribution in [3.05, 3.63) is 69.9 Å². The first-order valence-corrected chi connectivity index (χ1v) is 9.71. The molecule has 1 aliphatic rings. The van der Waals surface area contributed by atoms with Crippen LogP contribution in [0.3, 0.4) is 0 Å². The van der Waals surface area contributed by atoms with E-state index < -0.39 is 5.60 Å². The second-order valence-corrected chi connectivity index (χ2v) is 7.89. The van der Waals surface area contributed by atoms with Gasteiger partial charge in [-0.25, -0.2) is 4.39 Å². The third kappa shape index (κ3) is 5.00. The number of piperidine rings is 1. The van der Waals surface area contributed by atoms with Gasteiger partial charge in [-0.1, -0.05) is 40.2 Å². The molecule has 0 radical (unpaired) electrons. The van der Waals surface area contributed by atoms with Gasteiger partial charge in [-0.2, -0.15) is 0 Å². The Kier molecular flexibility index (Phi) is 6.22. The minimum atomic E-state index is -0.782. The maximum Gasteiger partial charge on any atom is 0.138 e. The molecule has 1 saturated heterocycles. The number of Topliss-reactive ketones (excluding diaryl/α,β-unsaturated/α-hetero) is 1. The molecule has 3 nitrogen and oxygen atoms in total. The van der Waals surface area contributed by atoms with Gasteiger partial charge in [0, 0.05) is 36.9 Å². The Labute approximate surface area is 162 Å². The lowest BCUT2D eigenvalue weighted by Gasteiger charge is -2.38. The molecule has 0 aromatic heterocycles. The van der Waals surface area contributed by atoms with Crippen LogP contribution in [-0.2, 0) is 16.8 Å². The van der Waals surface area contributed by atoms with Crippen LogP contribution < -0.4 is 0 Å². The van der Waals surface area contributed by atoms with Crippen molar-refractivity contribution in [2.24, 2.45) is 0 Å². The highest BCUT2D eigenvalue weighted by Gasteiger charge is 2.33. The second-order valence-electron chi connectivity index (χ2n) is 6.97. The lowest BCUT2D eigenvalue weighted by molar-refractivity contribution is -0.119. The van der Waals surface area contributed by atoms with E-state index in [2.05, 4.69) is 20.8 Å². The van der Waals surface area contributed by atoms with Crippen LogP contribution in [0.1, 0.15) is 30.4 Å². The van der Waals surface area contributed by atoms with Crippen molar-refractivity contribution in [2.75, 3.05) is 19.6 Å². The van der Waals surface area contributed by atoms with Crippen LogP contribution >= 0.6 is 15.9 Å². The molecule has 1 heterocycles. The summed E-state index contributed by atoms with van der Waals surface area (Å²) < 4.78 is 13.9. The van der Waals surface area contributed by atoms with Crippen LogP contribution in [0, 0.1) is 5.82 Å². The lowest BCUT2D eigenvalue weighted by Crippen LogP contribution is -2.43. The summed E-state index contributed by atoms with van der Waals surface area (Å²) in [4.78, 5) is 14.4. The van der Waals surface area contributed by atoms with Gasteiger partial charge in [0.2, 0.25) is 0 Å². The number of rotatable bonds is 6. The first kappa shape index (κ1) is 19.2.